The Morgan fingerprint density at radius 2 is 2.06 bits per heavy atom. The van der Waals surface area contributed by atoms with Gasteiger partial charge < -0.3 is 10.3 Å². The van der Waals surface area contributed by atoms with Crippen molar-refractivity contribution in [3.05, 3.63) is 29.6 Å². The van der Waals surface area contributed by atoms with Crippen LogP contribution in [0.2, 0.25) is 0 Å². The minimum absolute atomic E-state index is 0.445. The Labute approximate surface area is 103 Å². The molecule has 17 heavy (non-hydrogen) atoms. The highest BCUT2D eigenvalue weighted by atomic mass is 14.9. The number of hydrogen-bond acceptors (Lipinski definition) is 2. The molecule has 1 atom stereocenters. The van der Waals surface area contributed by atoms with Gasteiger partial charge in [-0.3, -0.25) is 0 Å². The van der Waals surface area contributed by atoms with Gasteiger partial charge in [-0.25, -0.2) is 4.98 Å². The number of aromatic nitrogens is 2. The molecule has 92 valence electrons. The number of imidazole rings is 1. The smallest absolute Gasteiger partial charge is 0.109 e. The fraction of sp³-hybridized carbons (Fsp3) is 0.500. The van der Waals surface area contributed by atoms with Crippen molar-refractivity contribution in [1.29, 1.82) is 0 Å². The molecule has 1 unspecified atom stereocenters. The van der Waals surface area contributed by atoms with Gasteiger partial charge in [0, 0.05) is 12.5 Å². The molecule has 1 aromatic heterocycles. The third kappa shape index (κ3) is 2.50. The van der Waals surface area contributed by atoms with E-state index in [-0.39, 0.29) is 0 Å². The van der Waals surface area contributed by atoms with E-state index in [0.29, 0.717) is 11.8 Å². The lowest BCUT2D eigenvalue weighted by Gasteiger charge is -2.10. The molecule has 3 heteroatoms. The zero-order chi connectivity index (χ0) is 12.4. The maximum absolute atomic E-state index is 4.59. The number of rotatable bonds is 4. The SMILES string of the molecule is CNCC(C)c1ccc2nc(C(C)C)[nH]c2c1. The molecule has 2 rings (SSSR count). The van der Waals surface area contributed by atoms with Crippen LogP contribution in [0.25, 0.3) is 11.0 Å². The molecule has 0 fully saturated rings. The van der Waals surface area contributed by atoms with Crippen LogP contribution in [0.1, 0.15) is 44.0 Å². The fourth-order valence-corrected chi connectivity index (χ4v) is 2.05. The van der Waals surface area contributed by atoms with Gasteiger partial charge in [-0.1, -0.05) is 26.8 Å². The second-order valence-corrected chi connectivity index (χ2v) is 5.01. The highest BCUT2D eigenvalue weighted by Gasteiger charge is 2.09. The van der Waals surface area contributed by atoms with Gasteiger partial charge in [0.2, 0.25) is 0 Å². The van der Waals surface area contributed by atoms with E-state index in [0.717, 1.165) is 23.4 Å². The second-order valence-electron chi connectivity index (χ2n) is 5.01. The summed E-state index contributed by atoms with van der Waals surface area (Å²) in [4.78, 5) is 7.99. The first-order valence-corrected chi connectivity index (χ1v) is 6.26. The van der Waals surface area contributed by atoms with Crippen LogP contribution >= 0.6 is 0 Å². The molecule has 0 bridgehead atoms. The lowest BCUT2D eigenvalue weighted by atomic mass is 10.0. The Morgan fingerprint density at radius 1 is 1.29 bits per heavy atom. The molecule has 2 aromatic rings. The zero-order valence-corrected chi connectivity index (χ0v) is 11.0. The first kappa shape index (κ1) is 12.1. The standard InChI is InChI=1S/C14H21N3/c1-9(2)14-16-12-6-5-11(7-13(12)17-14)10(3)8-15-4/h5-7,9-10,15H,8H2,1-4H3,(H,16,17). The van der Waals surface area contributed by atoms with Crippen LogP contribution in [-0.2, 0) is 0 Å². The summed E-state index contributed by atoms with van der Waals surface area (Å²) in [5.74, 6) is 2.04. The van der Waals surface area contributed by atoms with E-state index in [2.05, 4.69) is 54.3 Å². The van der Waals surface area contributed by atoms with E-state index >= 15 is 0 Å². The van der Waals surface area contributed by atoms with Crippen LogP contribution < -0.4 is 5.32 Å². The van der Waals surface area contributed by atoms with Gasteiger partial charge in [-0.05, 0) is 30.7 Å². The van der Waals surface area contributed by atoms with E-state index in [1.54, 1.807) is 0 Å². The normalized spacial score (nSPS) is 13.5. The van der Waals surface area contributed by atoms with E-state index in [9.17, 15) is 0 Å². The molecule has 3 nitrogen and oxygen atoms in total. The summed E-state index contributed by atoms with van der Waals surface area (Å²) in [7, 11) is 1.99. The van der Waals surface area contributed by atoms with Gasteiger partial charge >= 0.3 is 0 Å². The van der Waals surface area contributed by atoms with E-state index < -0.39 is 0 Å². The molecule has 0 amide bonds. The monoisotopic (exact) mass is 231 g/mol. The number of nitrogens with one attached hydrogen (secondary N) is 2. The Bertz CT molecular complexity index is 499. The van der Waals surface area contributed by atoms with Gasteiger partial charge in [0.15, 0.2) is 0 Å². The van der Waals surface area contributed by atoms with E-state index in [1.807, 2.05) is 7.05 Å². The summed E-state index contributed by atoms with van der Waals surface area (Å²) in [6.07, 6.45) is 0. The third-order valence-corrected chi connectivity index (χ3v) is 3.15. The quantitative estimate of drug-likeness (QED) is 0.849. The minimum Gasteiger partial charge on any atom is -0.342 e. The number of benzene rings is 1. The van der Waals surface area contributed by atoms with Crippen molar-refractivity contribution in [2.24, 2.45) is 0 Å². The number of fused-ring (bicyclic) bond motifs is 1. The van der Waals surface area contributed by atoms with Crippen molar-refractivity contribution in [2.45, 2.75) is 32.6 Å². The predicted octanol–water partition coefficient (Wildman–Crippen LogP) is 3.01. The molecule has 1 aromatic carbocycles. The Kier molecular flexibility index (Phi) is 3.48. The Hall–Kier alpha value is -1.35. The molecular formula is C14H21N3. The number of aromatic amines is 1. The molecule has 0 aliphatic rings. The van der Waals surface area contributed by atoms with Crippen LogP contribution in [0.4, 0.5) is 0 Å². The average molecular weight is 231 g/mol. The second kappa shape index (κ2) is 4.88. The lowest BCUT2D eigenvalue weighted by Crippen LogP contribution is -2.14. The van der Waals surface area contributed by atoms with Gasteiger partial charge in [-0.2, -0.15) is 0 Å². The van der Waals surface area contributed by atoms with Crippen LogP contribution in [0, 0.1) is 0 Å². The highest BCUT2D eigenvalue weighted by molar-refractivity contribution is 5.76. The molecule has 2 N–H and O–H groups in total. The molecule has 1 heterocycles. The Morgan fingerprint density at radius 3 is 2.71 bits per heavy atom. The number of nitrogens with zero attached hydrogens (tertiary/aromatic N) is 1. The van der Waals surface area contributed by atoms with Gasteiger partial charge in [-0.15, -0.1) is 0 Å². The molecule has 0 aliphatic heterocycles. The van der Waals surface area contributed by atoms with Gasteiger partial charge in [0.1, 0.15) is 5.82 Å². The van der Waals surface area contributed by atoms with Crippen molar-refractivity contribution in [3.63, 3.8) is 0 Å². The van der Waals surface area contributed by atoms with Crippen LogP contribution in [-0.4, -0.2) is 23.6 Å². The van der Waals surface area contributed by atoms with Crippen molar-refractivity contribution in [1.82, 2.24) is 15.3 Å². The highest BCUT2D eigenvalue weighted by Crippen LogP contribution is 2.22. The topological polar surface area (TPSA) is 40.7 Å². The summed E-state index contributed by atoms with van der Waals surface area (Å²) < 4.78 is 0. The minimum atomic E-state index is 0.445. The summed E-state index contributed by atoms with van der Waals surface area (Å²) >= 11 is 0. The summed E-state index contributed by atoms with van der Waals surface area (Å²) in [6.45, 7) is 7.54. The van der Waals surface area contributed by atoms with Crippen molar-refractivity contribution >= 4 is 11.0 Å². The number of H-pyrrole nitrogens is 1. The molecule has 0 aliphatic carbocycles. The third-order valence-electron chi connectivity index (χ3n) is 3.15. The first-order chi connectivity index (χ1) is 8.11. The van der Waals surface area contributed by atoms with Crippen LogP contribution in [0.3, 0.4) is 0 Å². The molecule has 0 spiro atoms. The summed E-state index contributed by atoms with van der Waals surface area (Å²) in [5.41, 5.74) is 3.56. The zero-order valence-electron chi connectivity index (χ0n) is 11.0. The Balaban J connectivity index is 2.36. The first-order valence-electron chi connectivity index (χ1n) is 6.26. The predicted molar refractivity (Wildman–Crippen MR) is 72.5 cm³/mol. The van der Waals surface area contributed by atoms with Gasteiger partial charge in [0.25, 0.3) is 0 Å². The summed E-state index contributed by atoms with van der Waals surface area (Å²) in [5, 5.41) is 3.21. The number of hydrogen-bond donors (Lipinski definition) is 2. The molecular weight excluding hydrogens is 210 g/mol. The molecule has 0 saturated carbocycles. The van der Waals surface area contributed by atoms with E-state index in [4.69, 9.17) is 0 Å². The van der Waals surface area contributed by atoms with Crippen LogP contribution in [0.5, 0.6) is 0 Å². The maximum Gasteiger partial charge on any atom is 0.109 e. The molecule has 0 radical (unpaired) electrons. The molecule has 0 saturated heterocycles. The van der Waals surface area contributed by atoms with Crippen LogP contribution in [0.15, 0.2) is 18.2 Å². The maximum atomic E-state index is 4.59. The van der Waals surface area contributed by atoms with Gasteiger partial charge in [0.05, 0.1) is 11.0 Å². The largest absolute Gasteiger partial charge is 0.342 e. The lowest BCUT2D eigenvalue weighted by molar-refractivity contribution is 0.678. The van der Waals surface area contributed by atoms with Crippen molar-refractivity contribution in [3.8, 4) is 0 Å². The number of likely N-dealkylation sites (N-methyl/N-ethyl adjacent to an activating group) is 1. The fourth-order valence-electron chi connectivity index (χ4n) is 2.05. The summed E-state index contributed by atoms with van der Waals surface area (Å²) in [6, 6.07) is 6.50. The van der Waals surface area contributed by atoms with Crippen molar-refractivity contribution < 1.29 is 0 Å². The average Bonchev–Trinajstić information content (AvgIpc) is 2.71. The van der Waals surface area contributed by atoms with E-state index in [1.165, 1.54) is 5.56 Å². The van der Waals surface area contributed by atoms with Crippen molar-refractivity contribution in [2.75, 3.05) is 13.6 Å².